The second-order valence-corrected chi connectivity index (χ2v) is 5.12. The summed E-state index contributed by atoms with van der Waals surface area (Å²) >= 11 is 1.93. The van der Waals surface area contributed by atoms with Gasteiger partial charge in [-0.2, -0.15) is 16.9 Å². The molecule has 3 N–H and O–H groups in total. The largest absolute Gasteiger partial charge is 0.394 e. The molecule has 0 unspecified atom stereocenters. The van der Waals surface area contributed by atoms with Crippen LogP contribution in [0.4, 0.5) is 11.5 Å². The standard InChI is InChI=1S/C9H16N4S/c1-13-5-7(10)8(12-13)11-6-9(14-2)3-4-9/h5H,3-4,6,10H2,1-2H3,(H,11,12). The van der Waals surface area contributed by atoms with Crippen molar-refractivity contribution in [1.29, 1.82) is 0 Å². The van der Waals surface area contributed by atoms with Crippen molar-refractivity contribution in [3.63, 3.8) is 0 Å². The molecule has 0 spiro atoms. The highest BCUT2D eigenvalue weighted by molar-refractivity contribution is 8.00. The quantitative estimate of drug-likeness (QED) is 0.790. The molecule has 78 valence electrons. The fraction of sp³-hybridized carbons (Fsp3) is 0.667. The fourth-order valence-corrected chi connectivity index (χ4v) is 2.21. The highest BCUT2D eigenvalue weighted by Gasteiger charge is 2.41. The van der Waals surface area contributed by atoms with E-state index in [1.807, 2.05) is 25.0 Å². The molecule has 0 radical (unpaired) electrons. The summed E-state index contributed by atoms with van der Waals surface area (Å²) in [6.07, 6.45) is 6.58. The molecule has 0 aromatic carbocycles. The monoisotopic (exact) mass is 212 g/mol. The topological polar surface area (TPSA) is 55.9 Å². The number of hydrogen-bond donors (Lipinski definition) is 2. The average Bonchev–Trinajstić information content (AvgIpc) is 2.86. The molecule has 0 aliphatic heterocycles. The van der Waals surface area contributed by atoms with E-state index < -0.39 is 0 Å². The predicted octanol–water partition coefficient (Wildman–Crippen LogP) is 1.31. The van der Waals surface area contributed by atoms with Crippen LogP contribution in [-0.2, 0) is 7.05 Å². The van der Waals surface area contributed by atoms with Crippen molar-refractivity contribution in [2.24, 2.45) is 7.05 Å². The maximum Gasteiger partial charge on any atom is 0.171 e. The van der Waals surface area contributed by atoms with Gasteiger partial charge in [0, 0.05) is 24.5 Å². The third-order valence-electron chi connectivity index (χ3n) is 2.68. The van der Waals surface area contributed by atoms with Gasteiger partial charge >= 0.3 is 0 Å². The van der Waals surface area contributed by atoms with Gasteiger partial charge in [-0.1, -0.05) is 0 Å². The van der Waals surface area contributed by atoms with Gasteiger partial charge in [-0.05, 0) is 19.1 Å². The first-order valence-corrected chi connectivity index (χ1v) is 5.96. The van der Waals surface area contributed by atoms with E-state index in [1.54, 1.807) is 4.68 Å². The Bertz CT molecular complexity index is 330. The molecular weight excluding hydrogens is 196 g/mol. The number of aryl methyl sites for hydroxylation is 1. The van der Waals surface area contributed by atoms with Crippen LogP contribution >= 0.6 is 11.8 Å². The second-order valence-electron chi connectivity index (χ2n) is 3.85. The molecule has 1 heterocycles. The number of thioether (sulfide) groups is 1. The SMILES string of the molecule is CSC1(CNc2nn(C)cc2N)CC1. The van der Waals surface area contributed by atoms with E-state index in [9.17, 15) is 0 Å². The van der Waals surface area contributed by atoms with Crippen LogP contribution in [0.1, 0.15) is 12.8 Å². The Balaban J connectivity index is 1.95. The molecule has 1 aromatic rings. The van der Waals surface area contributed by atoms with E-state index in [2.05, 4.69) is 16.7 Å². The van der Waals surface area contributed by atoms with Gasteiger partial charge in [0.25, 0.3) is 0 Å². The number of nitrogen functional groups attached to an aromatic ring is 1. The highest BCUT2D eigenvalue weighted by atomic mass is 32.2. The molecule has 0 saturated heterocycles. The van der Waals surface area contributed by atoms with Gasteiger partial charge in [0.15, 0.2) is 5.82 Å². The summed E-state index contributed by atoms with van der Waals surface area (Å²) in [5.74, 6) is 0.813. The van der Waals surface area contributed by atoms with E-state index in [0.717, 1.165) is 18.1 Å². The molecule has 5 heteroatoms. The van der Waals surface area contributed by atoms with Gasteiger partial charge in [0.05, 0.1) is 5.69 Å². The van der Waals surface area contributed by atoms with Gasteiger partial charge in [0.1, 0.15) is 0 Å². The number of rotatable bonds is 4. The Kier molecular flexibility index (Phi) is 2.34. The van der Waals surface area contributed by atoms with Gasteiger partial charge in [-0.3, -0.25) is 4.68 Å². The summed E-state index contributed by atoms with van der Waals surface area (Å²) in [6, 6.07) is 0. The molecule has 4 nitrogen and oxygen atoms in total. The van der Waals surface area contributed by atoms with E-state index in [4.69, 9.17) is 5.73 Å². The molecule has 1 aromatic heterocycles. The molecule has 1 aliphatic rings. The second kappa shape index (κ2) is 3.38. The van der Waals surface area contributed by atoms with E-state index in [0.29, 0.717) is 4.75 Å². The van der Waals surface area contributed by atoms with Crippen LogP contribution in [0.25, 0.3) is 0 Å². The first kappa shape index (κ1) is 9.71. The summed E-state index contributed by atoms with van der Waals surface area (Å²) in [4.78, 5) is 0. The lowest BCUT2D eigenvalue weighted by molar-refractivity contribution is 0.766. The Labute approximate surface area is 88.2 Å². The van der Waals surface area contributed by atoms with Crippen LogP contribution in [-0.4, -0.2) is 27.3 Å². The Hall–Kier alpha value is -0.840. The van der Waals surface area contributed by atoms with Crippen LogP contribution in [0.2, 0.25) is 0 Å². The summed E-state index contributed by atoms with van der Waals surface area (Å²) < 4.78 is 2.18. The molecule has 0 bridgehead atoms. The number of hydrogen-bond acceptors (Lipinski definition) is 4. The normalized spacial score (nSPS) is 18.1. The number of aromatic nitrogens is 2. The zero-order valence-electron chi connectivity index (χ0n) is 8.58. The lowest BCUT2D eigenvalue weighted by Crippen LogP contribution is -2.18. The van der Waals surface area contributed by atoms with Crippen LogP contribution in [0.5, 0.6) is 0 Å². The van der Waals surface area contributed by atoms with Crippen LogP contribution in [0.3, 0.4) is 0 Å². The zero-order valence-corrected chi connectivity index (χ0v) is 9.40. The lowest BCUT2D eigenvalue weighted by Gasteiger charge is -2.12. The van der Waals surface area contributed by atoms with Crippen molar-refractivity contribution in [2.45, 2.75) is 17.6 Å². The molecule has 0 amide bonds. The van der Waals surface area contributed by atoms with Crippen LogP contribution < -0.4 is 11.1 Å². The smallest absolute Gasteiger partial charge is 0.171 e. The van der Waals surface area contributed by atoms with E-state index in [-0.39, 0.29) is 0 Å². The van der Waals surface area contributed by atoms with Crippen LogP contribution in [0, 0.1) is 0 Å². The van der Waals surface area contributed by atoms with Crippen molar-refractivity contribution in [1.82, 2.24) is 9.78 Å². The average molecular weight is 212 g/mol. The van der Waals surface area contributed by atoms with Gasteiger partial charge in [-0.25, -0.2) is 0 Å². The predicted molar refractivity (Wildman–Crippen MR) is 61.6 cm³/mol. The highest BCUT2D eigenvalue weighted by Crippen LogP contribution is 2.47. The summed E-state index contributed by atoms with van der Waals surface area (Å²) in [7, 11) is 1.88. The number of nitrogens with one attached hydrogen (secondary N) is 1. The third-order valence-corrected chi connectivity index (χ3v) is 4.09. The maximum atomic E-state index is 5.78. The summed E-state index contributed by atoms with van der Waals surface area (Å²) in [6.45, 7) is 0.968. The van der Waals surface area contributed by atoms with Gasteiger partial charge in [0.2, 0.25) is 0 Å². The number of nitrogens with two attached hydrogens (primary N) is 1. The molecule has 2 rings (SSSR count). The van der Waals surface area contributed by atoms with Gasteiger partial charge < -0.3 is 11.1 Å². The number of nitrogens with zero attached hydrogens (tertiary/aromatic N) is 2. The molecule has 1 fully saturated rings. The van der Waals surface area contributed by atoms with Crippen molar-refractivity contribution in [3.05, 3.63) is 6.20 Å². The minimum Gasteiger partial charge on any atom is -0.394 e. The maximum absolute atomic E-state index is 5.78. The molecule has 1 saturated carbocycles. The first-order valence-electron chi connectivity index (χ1n) is 4.73. The van der Waals surface area contributed by atoms with Crippen molar-refractivity contribution >= 4 is 23.3 Å². The third kappa shape index (κ3) is 1.82. The number of anilines is 2. The van der Waals surface area contributed by atoms with E-state index in [1.165, 1.54) is 12.8 Å². The Morgan fingerprint density at radius 2 is 2.43 bits per heavy atom. The summed E-state index contributed by atoms with van der Waals surface area (Å²) in [5.41, 5.74) is 6.51. The molecule has 1 aliphatic carbocycles. The zero-order chi connectivity index (χ0) is 10.2. The first-order chi connectivity index (χ1) is 6.65. The van der Waals surface area contributed by atoms with Gasteiger partial charge in [-0.15, -0.1) is 0 Å². The van der Waals surface area contributed by atoms with Crippen molar-refractivity contribution in [2.75, 3.05) is 23.9 Å². The molecule has 14 heavy (non-hydrogen) atoms. The molecule has 0 atom stereocenters. The van der Waals surface area contributed by atoms with Crippen LogP contribution in [0.15, 0.2) is 6.20 Å². The minimum absolute atomic E-state index is 0.448. The fourth-order valence-electron chi connectivity index (χ4n) is 1.48. The Morgan fingerprint density at radius 3 is 2.86 bits per heavy atom. The van der Waals surface area contributed by atoms with E-state index >= 15 is 0 Å². The minimum atomic E-state index is 0.448. The van der Waals surface area contributed by atoms with Crippen molar-refractivity contribution in [3.8, 4) is 0 Å². The summed E-state index contributed by atoms with van der Waals surface area (Å²) in [5, 5.41) is 7.56. The van der Waals surface area contributed by atoms with Crippen molar-refractivity contribution < 1.29 is 0 Å². The lowest BCUT2D eigenvalue weighted by atomic mass is 10.4. The molecular formula is C9H16N4S. The Morgan fingerprint density at radius 1 is 1.71 bits per heavy atom.